The molecule has 2 heteroatoms. The number of fused-ring (bicyclic) bond motifs is 1. The van der Waals surface area contributed by atoms with Gasteiger partial charge >= 0.3 is 0 Å². The maximum Gasteiger partial charge on any atom is 0.124 e. The van der Waals surface area contributed by atoms with Gasteiger partial charge < -0.3 is 4.74 Å². The molecule has 0 saturated heterocycles. The quantitative estimate of drug-likeness (QED) is 0.729. The zero-order chi connectivity index (χ0) is 9.42. The average Bonchev–Trinajstić information content (AvgIpc) is 2.47. The number of halogens is 1. The Morgan fingerprint density at radius 3 is 2.85 bits per heavy atom. The van der Waals surface area contributed by atoms with E-state index in [2.05, 4.69) is 35.0 Å². The maximum absolute atomic E-state index is 5.32. The van der Waals surface area contributed by atoms with Crippen LogP contribution in [0.3, 0.4) is 0 Å². The van der Waals surface area contributed by atoms with Crippen LogP contribution in [-0.2, 0) is 6.42 Å². The number of allylic oxidation sites excluding steroid dienone is 2. The lowest BCUT2D eigenvalue weighted by Crippen LogP contribution is -1.91. The van der Waals surface area contributed by atoms with Crippen molar-refractivity contribution in [3.8, 4) is 5.75 Å². The fraction of sp³-hybridized carbons (Fsp3) is 0.273. The molecule has 1 aliphatic rings. The van der Waals surface area contributed by atoms with Gasteiger partial charge in [-0.2, -0.15) is 0 Å². The Labute approximate surface area is 86.5 Å². The topological polar surface area (TPSA) is 9.23 Å². The minimum absolute atomic E-state index is 0.984. The van der Waals surface area contributed by atoms with Crippen LogP contribution in [0.2, 0.25) is 0 Å². The van der Waals surface area contributed by atoms with Crippen LogP contribution in [0.1, 0.15) is 18.1 Å². The Morgan fingerprint density at radius 1 is 1.38 bits per heavy atom. The highest BCUT2D eigenvalue weighted by atomic mass is 79.9. The van der Waals surface area contributed by atoms with E-state index in [4.69, 9.17) is 4.74 Å². The highest BCUT2D eigenvalue weighted by molar-refractivity contribution is 9.10. The molecule has 1 nitrogen and oxygen atoms in total. The van der Waals surface area contributed by atoms with Crippen LogP contribution in [0.15, 0.2) is 22.7 Å². The third-order valence-electron chi connectivity index (χ3n) is 2.43. The molecule has 68 valence electrons. The van der Waals surface area contributed by atoms with E-state index in [9.17, 15) is 0 Å². The fourth-order valence-corrected chi connectivity index (χ4v) is 2.16. The summed E-state index contributed by atoms with van der Waals surface area (Å²) in [4.78, 5) is 0. The molecule has 0 heterocycles. The van der Waals surface area contributed by atoms with Gasteiger partial charge in [0.1, 0.15) is 5.75 Å². The summed E-state index contributed by atoms with van der Waals surface area (Å²) in [6, 6.07) is 4.17. The predicted octanol–water partition coefficient (Wildman–Crippen LogP) is 3.42. The molecule has 0 spiro atoms. The van der Waals surface area contributed by atoms with Gasteiger partial charge in [-0.05, 0) is 36.6 Å². The molecule has 1 aliphatic carbocycles. The summed E-state index contributed by atoms with van der Waals surface area (Å²) in [6.45, 7) is 2.14. The summed E-state index contributed by atoms with van der Waals surface area (Å²) in [5, 5.41) is 0. The van der Waals surface area contributed by atoms with Gasteiger partial charge in [-0.15, -0.1) is 0 Å². The fourth-order valence-electron chi connectivity index (χ4n) is 1.72. The predicted molar refractivity (Wildman–Crippen MR) is 58.0 cm³/mol. The molecule has 13 heavy (non-hydrogen) atoms. The molecule has 0 aromatic heterocycles. The second-order valence-electron chi connectivity index (χ2n) is 3.23. The zero-order valence-electron chi connectivity index (χ0n) is 7.73. The van der Waals surface area contributed by atoms with E-state index in [1.165, 1.54) is 16.7 Å². The first-order chi connectivity index (χ1) is 6.22. The van der Waals surface area contributed by atoms with Crippen molar-refractivity contribution in [3.63, 3.8) is 0 Å². The van der Waals surface area contributed by atoms with Crippen LogP contribution in [0.4, 0.5) is 0 Å². The highest BCUT2D eigenvalue weighted by Crippen LogP contribution is 2.36. The molecule has 0 amide bonds. The second kappa shape index (κ2) is 3.18. The standard InChI is InChI=1S/C11H11BrO/c1-7-3-4-9-10(7)5-8(12)6-11(9)13-2/h3,5-6H,4H2,1-2H3. The van der Waals surface area contributed by atoms with E-state index < -0.39 is 0 Å². The van der Waals surface area contributed by atoms with Gasteiger partial charge in [0.2, 0.25) is 0 Å². The lowest BCUT2D eigenvalue weighted by Gasteiger charge is -2.08. The summed E-state index contributed by atoms with van der Waals surface area (Å²) in [6.07, 6.45) is 3.23. The Kier molecular flexibility index (Phi) is 2.16. The third-order valence-corrected chi connectivity index (χ3v) is 2.89. The monoisotopic (exact) mass is 238 g/mol. The van der Waals surface area contributed by atoms with Gasteiger partial charge in [0.05, 0.1) is 7.11 Å². The lowest BCUT2D eigenvalue weighted by atomic mass is 10.1. The molecule has 0 bridgehead atoms. The van der Waals surface area contributed by atoms with Gasteiger partial charge in [0.25, 0.3) is 0 Å². The van der Waals surface area contributed by atoms with Gasteiger partial charge in [0, 0.05) is 10.0 Å². The molecular weight excluding hydrogens is 228 g/mol. The van der Waals surface area contributed by atoms with Crippen LogP contribution in [0.5, 0.6) is 5.75 Å². The van der Waals surface area contributed by atoms with Gasteiger partial charge in [0.15, 0.2) is 0 Å². The van der Waals surface area contributed by atoms with Crippen molar-refractivity contribution in [2.24, 2.45) is 0 Å². The second-order valence-corrected chi connectivity index (χ2v) is 4.14. The molecule has 1 aromatic carbocycles. The van der Waals surface area contributed by atoms with Crippen molar-refractivity contribution < 1.29 is 4.74 Å². The SMILES string of the molecule is COc1cc(Br)cc2c1CC=C2C. The molecule has 0 fully saturated rings. The average molecular weight is 239 g/mol. The van der Waals surface area contributed by atoms with E-state index in [1.54, 1.807) is 7.11 Å². The minimum atomic E-state index is 0.984. The van der Waals surface area contributed by atoms with Crippen molar-refractivity contribution in [3.05, 3.63) is 33.8 Å². The Bertz CT molecular complexity index is 380. The summed E-state index contributed by atoms with van der Waals surface area (Å²) in [7, 11) is 1.72. The zero-order valence-corrected chi connectivity index (χ0v) is 9.31. The minimum Gasteiger partial charge on any atom is -0.496 e. The first-order valence-corrected chi connectivity index (χ1v) is 5.05. The van der Waals surface area contributed by atoms with Crippen molar-refractivity contribution in [1.82, 2.24) is 0 Å². The van der Waals surface area contributed by atoms with E-state index in [0.717, 1.165) is 16.6 Å². The Balaban J connectivity index is 2.61. The number of methoxy groups -OCH3 is 1. The van der Waals surface area contributed by atoms with Crippen LogP contribution in [0, 0.1) is 0 Å². The normalized spacial score (nSPS) is 13.9. The molecule has 0 radical (unpaired) electrons. The van der Waals surface area contributed by atoms with Crippen molar-refractivity contribution in [1.29, 1.82) is 0 Å². The Morgan fingerprint density at radius 2 is 2.15 bits per heavy atom. The smallest absolute Gasteiger partial charge is 0.124 e. The van der Waals surface area contributed by atoms with E-state index in [1.807, 2.05) is 6.07 Å². The maximum atomic E-state index is 5.32. The number of hydrogen-bond donors (Lipinski definition) is 0. The van der Waals surface area contributed by atoms with Crippen LogP contribution in [0.25, 0.3) is 5.57 Å². The number of hydrogen-bond acceptors (Lipinski definition) is 1. The van der Waals surface area contributed by atoms with E-state index >= 15 is 0 Å². The third kappa shape index (κ3) is 1.39. The van der Waals surface area contributed by atoms with E-state index in [-0.39, 0.29) is 0 Å². The summed E-state index contributed by atoms with van der Waals surface area (Å²) in [5.41, 5.74) is 3.96. The molecule has 0 unspecified atom stereocenters. The summed E-state index contributed by atoms with van der Waals surface area (Å²) >= 11 is 3.48. The van der Waals surface area contributed by atoms with Crippen molar-refractivity contribution in [2.75, 3.05) is 7.11 Å². The van der Waals surface area contributed by atoms with Crippen LogP contribution < -0.4 is 4.74 Å². The largest absolute Gasteiger partial charge is 0.496 e. The highest BCUT2D eigenvalue weighted by Gasteiger charge is 2.15. The molecule has 0 saturated carbocycles. The number of benzene rings is 1. The van der Waals surface area contributed by atoms with Crippen molar-refractivity contribution in [2.45, 2.75) is 13.3 Å². The molecule has 0 atom stereocenters. The molecule has 2 rings (SSSR count). The lowest BCUT2D eigenvalue weighted by molar-refractivity contribution is 0.410. The van der Waals surface area contributed by atoms with Crippen LogP contribution >= 0.6 is 15.9 Å². The summed E-state index contributed by atoms with van der Waals surface area (Å²) < 4.78 is 6.40. The number of rotatable bonds is 1. The molecule has 0 N–H and O–H groups in total. The van der Waals surface area contributed by atoms with Gasteiger partial charge in [-0.3, -0.25) is 0 Å². The Hall–Kier alpha value is -0.760. The van der Waals surface area contributed by atoms with E-state index in [0.29, 0.717) is 0 Å². The molecular formula is C11H11BrO. The van der Waals surface area contributed by atoms with Crippen molar-refractivity contribution >= 4 is 21.5 Å². The first-order valence-electron chi connectivity index (χ1n) is 4.26. The van der Waals surface area contributed by atoms with Gasteiger partial charge in [-0.1, -0.05) is 22.0 Å². The summed E-state index contributed by atoms with van der Waals surface area (Å²) in [5.74, 6) is 0.984. The molecule has 0 aliphatic heterocycles. The van der Waals surface area contributed by atoms with Gasteiger partial charge in [-0.25, -0.2) is 0 Å². The first kappa shape index (κ1) is 8.82. The van der Waals surface area contributed by atoms with Crippen LogP contribution in [-0.4, -0.2) is 7.11 Å². The number of ether oxygens (including phenoxy) is 1. The molecule has 1 aromatic rings.